The van der Waals surface area contributed by atoms with Gasteiger partial charge in [0.25, 0.3) is 0 Å². The number of para-hydroxylation sites is 1. The number of benzene rings is 2. The van der Waals surface area contributed by atoms with Crippen molar-refractivity contribution in [3.63, 3.8) is 0 Å². The van der Waals surface area contributed by atoms with Gasteiger partial charge in [0.15, 0.2) is 0 Å². The number of aromatic amines is 2. The van der Waals surface area contributed by atoms with E-state index in [-0.39, 0.29) is 24.5 Å². The highest BCUT2D eigenvalue weighted by atomic mass is 35.5. The topological polar surface area (TPSA) is 267 Å². The summed E-state index contributed by atoms with van der Waals surface area (Å²) in [6.07, 6.45) is 1.81. The van der Waals surface area contributed by atoms with Crippen molar-refractivity contribution >= 4 is 92.4 Å². The summed E-state index contributed by atoms with van der Waals surface area (Å²) in [5, 5.41) is 27.7. The molecule has 2 fully saturated rings. The van der Waals surface area contributed by atoms with E-state index in [0.29, 0.717) is 27.1 Å². The first-order valence-corrected chi connectivity index (χ1v) is 21.4. The molecule has 0 spiro atoms. The lowest BCUT2D eigenvalue weighted by molar-refractivity contribution is -0.143. The number of aliphatic hydroxyl groups is 1. The van der Waals surface area contributed by atoms with E-state index in [9.17, 15) is 43.5 Å². The van der Waals surface area contributed by atoms with Gasteiger partial charge in [0.05, 0.1) is 30.1 Å². The molecule has 2 saturated heterocycles. The smallest absolute Gasteiger partial charge is 0.248 e. The summed E-state index contributed by atoms with van der Waals surface area (Å²) >= 11 is 7.87. The van der Waals surface area contributed by atoms with Gasteiger partial charge in [0.2, 0.25) is 47.3 Å². The number of H-pyrrole nitrogens is 2. The molecule has 0 unspecified atom stereocenters. The number of nitrogens with one attached hydrogen (secondary N) is 8. The van der Waals surface area contributed by atoms with Crippen LogP contribution in [0.2, 0.25) is 5.02 Å². The number of rotatable bonds is 5. The van der Waals surface area contributed by atoms with Crippen LogP contribution in [0.3, 0.4) is 0 Å². The van der Waals surface area contributed by atoms with E-state index in [0.717, 1.165) is 15.8 Å². The third kappa shape index (κ3) is 10.5. The van der Waals surface area contributed by atoms with Crippen molar-refractivity contribution in [2.24, 2.45) is 0 Å². The average Bonchev–Trinajstić information content (AvgIpc) is 4.00. The Kier molecular flexibility index (Phi) is 14.4. The summed E-state index contributed by atoms with van der Waals surface area (Å²) in [5.41, 5.74) is 2.71. The number of likely N-dealkylation sites (N-methyl/N-ethyl adjacent to an activating group) is 1. The summed E-state index contributed by atoms with van der Waals surface area (Å²) < 4.78 is 0. The summed E-state index contributed by atoms with van der Waals surface area (Å²) in [5.74, 6) is -5.69. The summed E-state index contributed by atoms with van der Waals surface area (Å²) in [6.45, 7) is 2.82. The number of carbonyl (C=O) groups is 8. The van der Waals surface area contributed by atoms with Gasteiger partial charge in [-0.25, -0.2) is 0 Å². The Morgan fingerprint density at radius 2 is 1.39 bits per heavy atom. The monoisotopic (exact) mass is 892 g/mol. The van der Waals surface area contributed by atoms with E-state index >= 15 is 0 Å². The molecule has 9 N–H and O–H groups in total. The molecule has 4 heterocycles. The Hall–Kier alpha value is -6.12. The van der Waals surface area contributed by atoms with Crippen molar-refractivity contribution in [1.82, 2.24) is 51.7 Å². The largest absolute Gasteiger partial charge is 0.391 e. The Bertz CT molecular complexity index is 2390. The summed E-state index contributed by atoms with van der Waals surface area (Å²) in [7, 11) is 1.27. The highest BCUT2D eigenvalue weighted by Gasteiger charge is 2.39. The predicted molar refractivity (Wildman–Crippen MR) is 230 cm³/mol. The van der Waals surface area contributed by atoms with Gasteiger partial charge in [-0.3, -0.25) is 38.4 Å². The number of amides is 8. The van der Waals surface area contributed by atoms with Crippen molar-refractivity contribution in [2.75, 3.05) is 31.8 Å². The van der Waals surface area contributed by atoms with Gasteiger partial charge in [-0.05, 0) is 50.1 Å². The van der Waals surface area contributed by atoms with Crippen LogP contribution in [0.15, 0.2) is 54.9 Å². The van der Waals surface area contributed by atoms with Gasteiger partial charge in [0.1, 0.15) is 36.3 Å². The van der Waals surface area contributed by atoms with Crippen molar-refractivity contribution in [3.8, 4) is 0 Å². The number of aliphatic hydroxyl groups excluding tert-OH is 1. The molecule has 8 amide bonds. The lowest BCUT2D eigenvalue weighted by atomic mass is 10.0. The molecule has 2 aromatic carbocycles. The van der Waals surface area contributed by atoms with Gasteiger partial charge < -0.3 is 56.8 Å². The zero-order valence-corrected chi connectivity index (χ0v) is 35.9. The number of aromatic nitrogens is 2. The van der Waals surface area contributed by atoms with Crippen LogP contribution in [0.1, 0.15) is 31.9 Å². The molecule has 2 aliphatic rings. The molecule has 0 bridgehead atoms. The average molecular weight is 893 g/mol. The molecule has 7 atom stereocenters. The Balaban J connectivity index is 1.34. The van der Waals surface area contributed by atoms with E-state index < -0.39 is 103 Å². The van der Waals surface area contributed by atoms with Crippen molar-refractivity contribution in [2.45, 2.75) is 76.0 Å². The fourth-order valence-electron chi connectivity index (χ4n) is 7.39. The van der Waals surface area contributed by atoms with Gasteiger partial charge in [-0.1, -0.05) is 35.9 Å². The fraction of sp³-hybridized carbons (Fsp3) is 0.415. The fourth-order valence-corrected chi connectivity index (χ4v) is 8.85. The number of halogens is 1. The van der Waals surface area contributed by atoms with Crippen molar-refractivity contribution < 1.29 is 43.5 Å². The molecule has 4 aromatic rings. The van der Waals surface area contributed by atoms with E-state index in [2.05, 4.69) is 41.9 Å². The molecule has 6 rings (SSSR count). The number of hydrogen-bond acceptors (Lipinski definition) is 10. The number of thioether (sulfide) groups is 1. The Morgan fingerprint density at radius 3 is 2.15 bits per heavy atom. The number of fused-ring (bicyclic) bond motifs is 3. The molecule has 19 nitrogen and oxygen atoms in total. The first-order valence-electron chi connectivity index (χ1n) is 19.9. The highest BCUT2D eigenvalue weighted by molar-refractivity contribution is 7.99. The number of nitrogens with zero attached hydrogens (tertiary/aromatic N) is 2. The number of hydrogen-bond donors (Lipinski definition) is 9. The van der Waals surface area contributed by atoms with E-state index in [1.54, 1.807) is 30.6 Å². The molecule has 2 aliphatic heterocycles. The summed E-state index contributed by atoms with van der Waals surface area (Å²) in [6, 6.07) is 5.01. The molecule has 21 heteroatoms. The second-order valence-electron chi connectivity index (χ2n) is 15.4. The standard InChI is InChI=1S/C41H49ClN10O9S/c1-20-36(56)50-35(22(3)53)41(61)51(4)17-33(55)47-21(2)40(60)52-19-62-18-31(52)39(59)49-30(12-23-14-43-27-10-6-5-8-25(23)27)38(58)48-29(37(57)45-16-32(54)46-20)13-24-15-44-28-11-7-9-26(42)34(24)28/h5-11,14-15,20-22,29-31,35,43-44,53H,12-13,16-19H2,1-4H3,(H,45,57)(H,46,54)(H,47,55)(H,48,58)(H,49,59)(H,50,56)/t20-,21-,22-,29+,30+,31+,35+/m1/s1. The molecular formula is C41H49ClN10O9S. The Labute approximate surface area is 365 Å². The molecule has 0 saturated carbocycles. The maximum absolute atomic E-state index is 14.5. The van der Waals surface area contributed by atoms with Crippen LogP contribution in [0.5, 0.6) is 0 Å². The van der Waals surface area contributed by atoms with Crippen LogP contribution in [0, 0.1) is 0 Å². The molecule has 330 valence electrons. The van der Waals surface area contributed by atoms with E-state index in [1.807, 2.05) is 24.3 Å². The van der Waals surface area contributed by atoms with Gasteiger partial charge >= 0.3 is 0 Å². The molecule has 2 aromatic heterocycles. The molecular weight excluding hydrogens is 844 g/mol. The third-order valence-electron chi connectivity index (χ3n) is 10.7. The second kappa shape index (κ2) is 19.7. The van der Waals surface area contributed by atoms with Crippen molar-refractivity contribution in [3.05, 3.63) is 71.0 Å². The minimum Gasteiger partial charge on any atom is -0.391 e. The Morgan fingerprint density at radius 1 is 0.742 bits per heavy atom. The minimum absolute atomic E-state index is 0.0282. The predicted octanol–water partition coefficient (Wildman–Crippen LogP) is -0.578. The van der Waals surface area contributed by atoms with Crippen LogP contribution in [0.4, 0.5) is 0 Å². The van der Waals surface area contributed by atoms with Gasteiger partial charge in [-0.2, -0.15) is 0 Å². The van der Waals surface area contributed by atoms with Gasteiger partial charge in [0, 0.05) is 59.8 Å². The van der Waals surface area contributed by atoms with Crippen molar-refractivity contribution in [1.29, 1.82) is 0 Å². The van der Waals surface area contributed by atoms with Crippen LogP contribution in [0.25, 0.3) is 21.8 Å². The quantitative estimate of drug-likeness (QED) is 0.123. The zero-order chi connectivity index (χ0) is 44.8. The van der Waals surface area contributed by atoms with Crippen LogP contribution < -0.4 is 31.9 Å². The van der Waals surface area contributed by atoms with Gasteiger partial charge in [-0.15, -0.1) is 11.8 Å². The van der Waals surface area contributed by atoms with Crippen LogP contribution in [-0.2, 0) is 51.2 Å². The van der Waals surface area contributed by atoms with E-state index in [1.165, 1.54) is 44.5 Å². The van der Waals surface area contributed by atoms with Crippen LogP contribution in [-0.4, -0.2) is 146 Å². The maximum atomic E-state index is 14.5. The lowest BCUT2D eigenvalue weighted by Gasteiger charge is -2.29. The summed E-state index contributed by atoms with van der Waals surface area (Å²) in [4.78, 5) is 118. The van der Waals surface area contributed by atoms with E-state index in [4.69, 9.17) is 11.6 Å². The number of carbonyl (C=O) groups excluding carboxylic acids is 8. The maximum Gasteiger partial charge on any atom is 0.248 e. The highest BCUT2D eigenvalue weighted by Crippen LogP contribution is 2.28. The molecule has 0 aliphatic carbocycles. The first kappa shape index (κ1) is 45.4. The third-order valence-corrected chi connectivity index (χ3v) is 12.1. The second-order valence-corrected chi connectivity index (χ2v) is 16.8. The van der Waals surface area contributed by atoms with Crippen LogP contribution >= 0.6 is 23.4 Å². The SMILES string of the molecule is C[C@H]1NC(=O)CNC(=O)[C@H](Cc2c[nH]c3cccc(Cl)c23)NC(=O)[C@H](Cc2c[nH]c3ccccc23)NC(=O)[C@@H]2CSCN2C(=O)[C@@H](C)NC(=O)CN(C)C(=O)[C@H]([C@@H](C)O)NC1=O. The normalized spacial score (nSPS) is 25.0. The molecule has 62 heavy (non-hydrogen) atoms. The zero-order valence-electron chi connectivity index (χ0n) is 34.4. The minimum atomic E-state index is -1.52. The molecule has 0 radical (unpaired) electrons. The first-order chi connectivity index (χ1) is 29.5. The lowest BCUT2D eigenvalue weighted by Crippen LogP contribution is -2.60.